The summed E-state index contributed by atoms with van der Waals surface area (Å²) in [6, 6.07) is 12.0. The number of para-hydroxylation sites is 1. The number of fused-ring (bicyclic) bond motifs is 1. The van der Waals surface area contributed by atoms with E-state index in [0.717, 1.165) is 12.1 Å². The Morgan fingerprint density at radius 1 is 1.09 bits per heavy atom. The second-order valence-electron chi connectivity index (χ2n) is 7.26. The predicted octanol–water partition coefficient (Wildman–Crippen LogP) is 3.15. The first-order chi connectivity index (χ1) is 16.2. The third-order valence-corrected chi connectivity index (χ3v) is 4.87. The number of halogens is 3. The highest BCUT2D eigenvalue weighted by Gasteiger charge is 2.30. The van der Waals surface area contributed by atoms with Gasteiger partial charge in [-0.2, -0.15) is 22.8 Å². The summed E-state index contributed by atoms with van der Waals surface area (Å²) in [6.45, 7) is 0.485. The maximum atomic E-state index is 12.6. The molecule has 2 heterocycles. The Balaban J connectivity index is 1.39. The molecular weight excluding hydrogens is 448 g/mol. The molecule has 2 aromatic carbocycles. The van der Waals surface area contributed by atoms with Crippen LogP contribution in [0.4, 0.5) is 29.5 Å². The summed E-state index contributed by atoms with van der Waals surface area (Å²) in [5.41, 5.74) is 1.18. The lowest BCUT2D eigenvalue weighted by molar-refractivity contribution is -0.137. The van der Waals surface area contributed by atoms with E-state index in [1.165, 1.54) is 22.8 Å². The van der Waals surface area contributed by atoms with E-state index in [1.54, 1.807) is 30.3 Å². The van der Waals surface area contributed by atoms with Crippen LogP contribution in [-0.2, 0) is 6.18 Å². The number of urea groups is 1. The number of hydrogen-bond acceptors (Lipinski definition) is 5. The van der Waals surface area contributed by atoms with Crippen molar-refractivity contribution in [2.24, 2.45) is 0 Å². The van der Waals surface area contributed by atoms with E-state index in [2.05, 4.69) is 26.0 Å². The van der Waals surface area contributed by atoms with E-state index in [1.807, 2.05) is 0 Å². The zero-order valence-corrected chi connectivity index (χ0v) is 17.6. The topological polar surface area (TPSA) is 104 Å². The van der Waals surface area contributed by atoms with Crippen LogP contribution in [-0.4, -0.2) is 46.7 Å². The van der Waals surface area contributed by atoms with Gasteiger partial charge in [-0.1, -0.05) is 12.1 Å². The summed E-state index contributed by atoms with van der Waals surface area (Å²) in [6.07, 6.45) is -2.99. The fourth-order valence-electron chi connectivity index (χ4n) is 3.22. The number of nitrogens with zero attached hydrogens (tertiary/aromatic N) is 3. The molecule has 2 aromatic heterocycles. The number of hydrogen-bond donors (Lipinski definition) is 4. The van der Waals surface area contributed by atoms with Crippen molar-refractivity contribution in [3.63, 3.8) is 0 Å². The van der Waals surface area contributed by atoms with Crippen LogP contribution in [0.3, 0.4) is 0 Å². The van der Waals surface area contributed by atoms with E-state index in [9.17, 15) is 23.1 Å². The average Bonchev–Trinajstić information content (AvgIpc) is 3.17. The minimum absolute atomic E-state index is 0.0602. The van der Waals surface area contributed by atoms with Crippen molar-refractivity contribution in [3.8, 4) is 17.0 Å². The number of phenolic OH excluding ortho intramolecular Hbond substituents is 1. The van der Waals surface area contributed by atoms with Crippen molar-refractivity contribution < 1.29 is 23.1 Å². The zero-order valence-electron chi connectivity index (χ0n) is 17.6. The highest BCUT2D eigenvalue weighted by molar-refractivity contribution is 6.36. The second-order valence-corrected chi connectivity index (χ2v) is 7.26. The number of carbonyl (C=O) groups excluding carboxylic acids is 1. The first kappa shape index (κ1) is 23.0. The fourth-order valence-corrected chi connectivity index (χ4v) is 3.22. The molecule has 8 nitrogen and oxygen atoms in total. The summed E-state index contributed by atoms with van der Waals surface area (Å²) in [5, 5.41) is 22.6. The van der Waals surface area contributed by atoms with Gasteiger partial charge in [0, 0.05) is 36.6 Å². The summed E-state index contributed by atoms with van der Waals surface area (Å²) >= 11 is 0. The Morgan fingerprint density at radius 3 is 2.53 bits per heavy atom. The second kappa shape index (κ2) is 9.34. The van der Waals surface area contributed by atoms with Crippen molar-refractivity contribution >= 4 is 36.5 Å². The smallest absolute Gasteiger partial charge is 0.416 e. The number of anilines is 2. The SMILES string of the molecule is [B]c1cnn2c(NCCNC(=O)Nc3ccc(C(F)(F)F)cc3)cc(-c3ccccc3O)nc12. The van der Waals surface area contributed by atoms with Crippen LogP contribution in [0.2, 0.25) is 0 Å². The quantitative estimate of drug-likeness (QED) is 0.258. The fraction of sp³-hybridized carbons (Fsp3) is 0.136. The van der Waals surface area contributed by atoms with Crippen molar-refractivity contribution in [2.75, 3.05) is 23.7 Å². The molecule has 0 aliphatic heterocycles. The molecule has 2 amide bonds. The first-order valence-electron chi connectivity index (χ1n) is 10.1. The Morgan fingerprint density at radius 2 is 1.82 bits per heavy atom. The van der Waals surface area contributed by atoms with Crippen LogP contribution in [0.25, 0.3) is 16.9 Å². The molecule has 0 aliphatic carbocycles. The number of phenols is 1. The highest BCUT2D eigenvalue weighted by atomic mass is 19.4. The molecule has 0 saturated carbocycles. The van der Waals surface area contributed by atoms with Gasteiger partial charge < -0.3 is 21.1 Å². The van der Waals surface area contributed by atoms with Crippen molar-refractivity contribution in [1.82, 2.24) is 19.9 Å². The van der Waals surface area contributed by atoms with Gasteiger partial charge in [-0.05, 0) is 41.9 Å². The number of nitrogens with one attached hydrogen (secondary N) is 3. The van der Waals surface area contributed by atoms with Gasteiger partial charge >= 0.3 is 12.2 Å². The number of aromatic hydroxyl groups is 1. The first-order valence-corrected chi connectivity index (χ1v) is 10.1. The minimum Gasteiger partial charge on any atom is -0.507 e. The van der Waals surface area contributed by atoms with Crippen molar-refractivity contribution in [2.45, 2.75) is 6.18 Å². The van der Waals surface area contributed by atoms with Crippen molar-refractivity contribution in [3.05, 3.63) is 66.4 Å². The van der Waals surface area contributed by atoms with E-state index in [0.29, 0.717) is 34.7 Å². The molecule has 172 valence electrons. The van der Waals surface area contributed by atoms with Gasteiger partial charge in [0.1, 0.15) is 19.4 Å². The normalized spacial score (nSPS) is 11.4. The van der Waals surface area contributed by atoms with Gasteiger partial charge in [0.25, 0.3) is 0 Å². The molecule has 0 fully saturated rings. The Bertz CT molecular complexity index is 1320. The molecule has 0 atom stereocenters. The van der Waals surface area contributed by atoms with Crippen LogP contribution in [0, 0.1) is 0 Å². The molecule has 4 rings (SSSR count). The Hall–Kier alpha value is -4.22. The number of amides is 2. The molecule has 0 aliphatic rings. The molecule has 0 unspecified atom stereocenters. The summed E-state index contributed by atoms with van der Waals surface area (Å²) < 4.78 is 39.4. The van der Waals surface area contributed by atoms with Gasteiger partial charge in [-0.25, -0.2) is 9.78 Å². The zero-order chi connectivity index (χ0) is 24.3. The third-order valence-electron chi connectivity index (χ3n) is 4.87. The maximum absolute atomic E-state index is 12.6. The van der Waals surface area contributed by atoms with E-state index in [-0.39, 0.29) is 18.0 Å². The van der Waals surface area contributed by atoms with Gasteiger partial charge in [-0.15, -0.1) is 0 Å². The Labute approximate surface area is 193 Å². The molecule has 34 heavy (non-hydrogen) atoms. The largest absolute Gasteiger partial charge is 0.507 e. The van der Waals surface area contributed by atoms with E-state index >= 15 is 0 Å². The number of rotatable bonds is 6. The van der Waals surface area contributed by atoms with Gasteiger partial charge in [-0.3, -0.25) is 0 Å². The average molecular weight is 466 g/mol. The van der Waals surface area contributed by atoms with Crippen LogP contribution < -0.4 is 21.4 Å². The van der Waals surface area contributed by atoms with E-state index < -0.39 is 17.8 Å². The minimum atomic E-state index is -4.44. The number of benzene rings is 2. The molecule has 0 spiro atoms. The third kappa shape index (κ3) is 5.06. The monoisotopic (exact) mass is 466 g/mol. The predicted molar refractivity (Wildman–Crippen MR) is 122 cm³/mol. The lowest BCUT2D eigenvalue weighted by Crippen LogP contribution is -2.32. The number of carbonyl (C=O) groups is 1. The van der Waals surface area contributed by atoms with Crippen LogP contribution >= 0.6 is 0 Å². The molecular formula is C22H18BF3N6O2. The molecule has 2 radical (unpaired) electrons. The standard InChI is InChI=1S/C22H18BF3N6O2/c23-16-12-29-32-19(11-17(31-20(16)32)15-3-1-2-4-18(15)33)27-9-10-28-21(34)30-14-7-5-13(6-8-14)22(24,25)26/h1-8,11-12,27,33H,9-10H2,(H2,28,30,34). The molecule has 0 bridgehead atoms. The lowest BCUT2D eigenvalue weighted by atomic mass is 10.0. The van der Waals surface area contributed by atoms with Crippen LogP contribution in [0.15, 0.2) is 60.8 Å². The van der Waals surface area contributed by atoms with Crippen LogP contribution in [0.1, 0.15) is 5.56 Å². The lowest BCUT2D eigenvalue weighted by Gasteiger charge is -2.13. The Kier molecular flexibility index (Phi) is 6.31. The molecule has 4 N–H and O–H groups in total. The van der Waals surface area contributed by atoms with Gasteiger partial charge in [0.2, 0.25) is 0 Å². The van der Waals surface area contributed by atoms with Crippen LogP contribution in [0.5, 0.6) is 5.75 Å². The van der Waals surface area contributed by atoms with Gasteiger partial charge in [0.15, 0.2) is 5.65 Å². The highest BCUT2D eigenvalue weighted by Crippen LogP contribution is 2.30. The molecule has 0 saturated heterocycles. The summed E-state index contributed by atoms with van der Waals surface area (Å²) in [7, 11) is 5.97. The molecule has 12 heteroatoms. The summed E-state index contributed by atoms with van der Waals surface area (Å²) in [5.74, 6) is 0.592. The summed E-state index contributed by atoms with van der Waals surface area (Å²) in [4.78, 5) is 16.5. The maximum Gasteiger partial charge on any atom is 0.416 e. The molecule has 4 aromatic rings. The van der Waals surface area contributed by atoms with Crippen molar-refractivity contribution in [1.29, 1.82) is 0 Å². The number of aromatic nitrogens is 3. The van der Waals surface area contributed by atoms with Gasteiger partial charge in [0.05, 0.1) is 11.3 Å². The number of alkyl halides is 3. The van der Waals surface area contributed by atoms with E-state index in [4.69, 9.17) is 7.85 Å².